The zero-order chi connectivity index (χ0) is 20.4. The first-order chi connectivity index (χ1) is 13.3. The number of anilines is 2. The predicted octanol–water partition coefficient (Wildman–Crippen LogP) is 5.60. The highest BCUT2D eigenvalue weighted by atomic mass is 35.5. The number of nitrogens with one attached hydrogen (secondary N) is 2. The van der Waals surface area contributed by atoms with Crippen molar-refractivity contribution >= 4 is 52.0 Å². The molecule has 28 heavy (non-hydrogen) atoms. The average Bonchev–Trinajstić information content (AvgIpc) is 3.08. The van der Waals surface area contributed by atoms with Crippen LogP contribution < -0.4 is 10.6 Å². The van der Waals surface area contributed by atoms with Gasteiger partial charge >= 0.3 is 0 Å². The van der Waals surface area contributed by atoms with Gasteiger partial charge in [0, 0.05) is 18.3 Å². The Morgan fingerprint density at radius 2 is 1.71 bits per heavy atom. The Kier molecular flexibility index (Phi) is 6.07. The van der Waals surface area contributed by atoms with Gasteiger partial charge in [0.2, 0.25) is 0 Å². The summed E-state index contributed by atoms with van der Waals surface area (Å²) < 4.78 is 55.2. The van der Waals surface area contributed by atoms with Gasteiger partial charge in [-0.25, -0.2) is 17.6 Å². The highest BCUT2D eigenvalue weighted by molar-refractivity contribution is 7.80. The van der Waals surface area contributed by atoms with Crippen molar-refractivity contribution in [3.05, 3.63) is 75.4 Å². The van der Waals surface area contributed by atoms with Crippen LogP contribution in [0, 0.1) is 23.3 Å². The molecule has 2 N–H and O–H groups in total. The van der Waals surface area contributed by atoms with Crippen molar-refractivity contribution in [2.75, 3.05) is 10.6 Å². The second-order valence-corrected chi connectivity index (χ2v) is 6.72. The van der Waals surface area contributed by atoms with Gasteiger partial charge in [-0.3, -0.25) is 4.68 Å². The van der Waals surface area contributed by atoms with E-state index in [4.69, 9.17) is 35.4 Å². The molecule has 0 aliphatic rings. The number of nitrogens with zero attached hydrogens (tertiary/aromatic N) is 2. The molecule has 3 aromatic rings. The largest absolute Gasteiger partial charge is 0.331 e. The van der Waals surface area contributed by atoms with Crippen LogP contribution >= 0.6 is 35.4 Å². The van der Waals surface area contributed by atoms with Crippen LogP contribution in [-0.2, 0) is 6.54 Å². The summed E-state index contributed by atoms with van der Waals surface area (Å²) in [6.45, 7) is -0.520. The fraction of sp³-hybridized carbons (Fsp3) is 0.0588. The van der Waals surface area contributed by atoms with Crippen molar-refractivity contribution in [1.82, 2.24) is 9.78 Å². The van der Waals surface area contributed by atoms with E-state index >= 15 is 0 Å². The highest BCUT2D eigenvalue weighted by Gasteiger charge is 2.19. The second-order valence-electron chi connectivity index (χ2n) is 5.53. The van der Waals surface area contributed by atoms with E-state index in [0.717, 1.165) is 4.68 Å². The molecular formula is C17H10Cl2F4N4S. The van der Waals surface area contributed by atoms with Crippen LogP contribution in [0.4, 0.5) is 29.1 Å². The van der Waals surface area contributed by atoms with Gasteiger partial charge in [-0.2, -0.15) is 5.10 Å². The molecule has 0 amide bonds. The van der Waals surface area contributed by atoms with Crippen molar-refractivity contribution in [2.24, 2.45) is 0 Å². The van der Waals surface area contributed by atoms with Gasteiger partial charge in [-0.1, -0.05) is 29.3 Å². The first kappa shape index (κ1) is 20.4. The number of thiocarbonyl (C=S) groups is 1. The molecule has 0 bridgehead atoms. The van der Waals surface area contributed by atoms with Crippen molar-refractivity contribution < 1.29 is 17.6 Å². The van der Waals surface area contributed by atoms with E-state index in [2.05, 4.69) is 15.7 Å². The molecule has 0 radical (unpaired) electrons. The average molecular weight is 449 g/mol. The Bertz CT molecular complexity index is 1030. The Morgan fingerprint density at radius 1 is 1.04 bits per heavy atom. The SMILES string of the molecule is Fc1cc(F)c(F)c(Cn2ccc(NC(=S)Nc3cccc(Cl)c3Cl)n2)c1F. The molecule has 3 rings (SSSR count). The van der Waals surface area contributed by atoms with Gasteiger partial charge in [0.15, 0.2) is 34.2 Å². The fourth-order valence-electron chi connectivity index (χ4n) is 2.31. The summed E-state index contributed by atoms with van der Waals surface area (Å²) in [5.74, 6) is -5.69. The quantitative estimate of drug-likeness (QED) is 0.309. The summed E-state index contributed by atoms with van der Waals surface area (Å²) in [6.07, 6.45) is 1.36. The lowest BCUT2D eigenvalue weighted by Gasteiger charge is -2.11. The van der Waals surface area contributed by atoms with Crippen molar-refractivity contribution in [3.8, 4) is 0 Å². The van der Waals surface area contributed by atoms with E-state index in [1.807, 2.05) is 0 Å². The molecule has 0 spiro atoms. The number of benzene rings is 2. The summed E-state index contributed by atoms with van der Waals surface area (Å²) in [5, 5.41) is 10.3. The van der Waals surface area contributed by atoms with Crippen molar-refractivity contribution in [3.63, 3.8) is 0 Å². The fourth-order valence-corrected chi connectivity index (χ4v) is 2.87. The standard InChI is InChI=1S/C17H10Cl2F4N4S/c18-9-2-1-3-12(14(9)19)24-17(28)25-13-4-5-27(26-13)7-8-15(22)10(20)6-11(21)16(8)23/h1-6H,7H2,(H2,24,25,26,28). The number of hydrogen-bond acceptors (Lipinski definition) is 2. The summed E-state index contributed by atoms with van der Waals surface area (Å²) in [4.78, 5) is 0. The smallest absolute Gasteiger partial charge is 0.176 e. The molecular weight excluding hydrogens is 439 g/mol. The van der Waals surface area contributed by atoms with E-state index < -0.39 is 35.4 Å². The minimum Gasteiger partial charge on any atom is -0.331 e. The number of halogens is 6. The molecule has 4 nitrogen and oxygen atoms in total. The third kappa shape index (κ3) is 4.37. The van der Waals surface area contributed by atoms with Crippen LogP contribution in [0.25, 0.3) is 0 Å². The molecule has 0 saturated heterocycles. The van der Waals surface area contributed by atoms with Gasteiger partial charge in [-0.05, 0) is 24.4 Å². The van der Waals surface area contributed by atoms with Gasteiger partial charge < -0.3 is 10.6 Å². The number of hydrogen-bond donors (Lipinski definition) is 2. The van der Waals surface area contributed by atoms with E-state index in [9.17, 15) is 17.6 Å². The van der Waals surface area contributed by atoms with E-state index in [0.29, 0.717) is 10.7 Å². The Morgan fingerprint density at radius 3 is 2.39 bits per heavy atom. The topological polar surface area (TPSA) is 41.9 Å². The van der Waals surface area contributed by atoms with Gasteiger partial charge in [-0.15, -0.1) is 0 Å². The minimum absolute atomic E-state index is 0.128. The molecule has 0 atom stereocenters. The van der Waals surface area contributed by atoms with Gasteiger partial charge in [0.25, 0.3) is 0 Å². The van der Waals surface area contributed by atoms with Crippen LogP contribution in [0.1, 0.15) is 5.56 Å². The Balaban J connectivity index is 1.71. The summed E-state index contributed by atoms with van der Waals surface area (Å²) in [7, 11) is 0. The number of aromatic nitrogens is 2. The Hall–Kier alpha value is -2.36. The first-order valence-electron chi connectivity index (χ1n) is 7.63. The first-order valence-corrected chi connectivity index (χ1v) is 8.80. The summed E-state index contributed by atoms with van der Waals surface area (Å²) in [5.41, 5.74) is -0.316. The lowest BCUT2D eigenvalue weighted by Crippen LogP contribution is -2.20. The van der Waals surface area contributed by atoms with E-state index in [1.54, 1.807) is 18.2 Å². The molecule has 1 heterocycles. The van der Waals surface area contributed by atoms with Crippen LogP contribution in [0.5, 0.6) is 0 Å². The zero-order valence-electron chi connectivity index (χ0n) is 13.7. The zero-order valence-corrected chi connectivity index (χ0v) is 16.1. The maximum absolute atomic E-state index is 13.8. The Labute approximate surface area is 172 Å². The molecule has 0 aliphatic heterocycles. The van der Waals surface area contributed by atoms with Crippen LogP contribution in [0.15, 0.2) is 36.5 Å². The van der Waals surface area contributed by atoms with Crippen LogP contribution in [0.2, 0.25) is 10.0 Å². The van der Waals surface area contributed by atoms with Crippen molar-refractivity contribution in [2.45, 2.75) is 6.54 Å². The lowest BCUT2D eigenvalue weighted by atomic mass is 10.2. The lowest BCUT2D eigenvalue weighted by molar-refractivity contribution is 0.431. The monoisotopic (exact) mass is 448 g/mol. The highest BCUT2D eigenvalue weighted by Crippen LogP contribution is 2.29. The molecule has 1 aromatic heterocycles. The normalized spacial score (nSPS) is 10.8. The molecule has 11 heteroatoms. The van der Waals surface area contributed by atoms with E-state index in [1.165, 1.54) is 12.3 Å². The van der Waals surface area contributed by atoms with Crippen LogP contribution in [-0.4, -0.2) is 14.9 Å². The predicted molar refractivity (Wildman–Crippen MR) is 104 cm³/mol. The molecule has 0 aliphatic carbocycles. The summed E-state index contributed by atoms with van der Waals surface area (Å²) in [6, 6.07) is 6.55. The third-order valence-electron chi connectivity index (χ3n) is 3.60. The van der Waals surface area contributed by atoms with Crippen LogP contribution in [0.3, 0.4) is 0 Å². The summed E-state index contributed by atoms with van der Waals surface area (Å²) >= 11 is 17.1. The second kappa shape index (κ2) is 8.34. The molecule has 0 unspecified atom stereocenters. The van der Waals surface area contributed by atoms with E-state index in [-0.39, 0.29) is 22.0 Å². The molecule has 0 saturated carbocycles. The van der Waals surface area contributed by atoms with Gasteiger partial charge in [0.1, 0.15) is 0 Å². The third-order valence-corrected chi connectivity index (χ3v) is 4.63. The molecule has 2 aromatic carbocycles. The minimum atomic E-state index is -1.48. The maximum Gasteiger partial charge on any atom is 0.176 e. The van der Waals surface area contributed by atoms with Gasteiger partial charge in [0.05, 0.1) is 27.8 Å². The number of rotatable bonds is 4. The van der Waals surface area contributed by atoms with Crippen molar-refractivity contribution in [1.29, 1.82) is 0 Å². The maximum atomic E-state index is 13.8. The molecule has 146 valence electrons. The molecule has 0 fully saturated rings.